The zero-order valence-corrected chi connectivity index (χ0v) is 17.3. The van der Waals surface area contributed by atoms with Crippen molar-refractivity contribution in [3.8, 4) is 5.75 Å². The zero-order chi connectivity index (χ0) is 21.8. The average molecular weight is 430 g/mol. The molecule has 2 heterocycles. The first-order valence-electron chi connectivity index (χ1n) is 10.3. The molecule has 0 spiro atoms. The summed E-state index contributed by atoms with van der Waals surface area (Å²) in [6, 6.07) is 5.49. The monoisotopic (exact) mass is 430 g/mol. The van der Waals surface area contributed by atoms with Crippen molar-refractivity contribution in [3.63, 3.8) is 0 Å². The van der Waals surface area contributed by atoms with E-state index >= 15 is 0 Å². The molecule has 1 saturated carbocycles. The Morgan fingerprint density at radius 2 is 2.16 bits per heavy atom. The molecule has 1 aliphatic carbocycles. The van der Waals surface area contributed by atoms with Crippen LogP contribution in [0.5, 0.6) is 5.75 Å². The van der Waals surface area contributed by atoms with Gasteiger partial charge in [-0.1, -0.05) is 24.3 Å². The Hall–Kier alpha value is -2.87. The fraction of sp³-hybridized carbons (Fsp3) is 0.435. The second-order valence-corrected chi connectivity index (χ2v) is 7.58. The maximum Gasteiger partial charge on any atom is 0.358 e. The quantitative estimate of drug-likeness (QED) is 0.585. The van der Waals surface area contributed by atoms with Crippen LogP contribution in [0.3, 0.4) is 0 Å². The molecule has 0 radical (unpaired) electrons. The number of ether oxygens (including phenoxy) is 3. The number of hydrogen-bond acceptors (Lipinski definition) is 6. The molecule has 6 nitrogen and oxygen atoms in total. The lowest BCUT2D eigenvalue weighted by molar-refractivity contribution is 0.0591. The van der Waals surface area contributed by atoms with E-state index < -0.39 is 19.0 Å². The van der Waals surface area contributed by atoms with Gasteiger partial charge in [0.1, 0.15) is 12.4 Å². The van der Waals surface area contributed by atoms with Crippen LogP contribution in [0.25, 0.3) is 5.57 Å². The van der Waals surface area contributed by atoms with Crippen LogP contribution in [-0.2, 0) is 15.9 Å². The van der Waals surface area contributed by atoms with Gasteiger partial charge < -0.3 is 14.2 Å². The highest BCUT2D eigenvalue weighted by Gasteiger charge is 2.28. The molecule has 0 N–H and O–H groups in total. The summed E-state index contributed by atoms with van der Waals surface area (Å²) in [6.45, 7) is 0.309. The lowest BCUT2D eigenvalue weighted by Crippen LogP contribution is -2.14. The maximum atomic E-state index is 13.0. The van der Waals surface area contributed by atoms with Crippen molar-refractivity contribution in [1.82, 2.24) is 9.97 Å². The minimum absolute atomic E-state index is 0.155. The highest BCUT2D eigenvalue weighted by Crippen LogP contribution is 2.39. The lowest BCUT2D eigenvalue weighted by atomic mass is 9.96. The zero-order valence-electron chi connectivity index (χ0n) is 17.3. The Morgan fingerprint density at radius 1 is 1.32 bits per heavy atom. The minimum Gasteiger partial charge on any atom is -0.487 e. The van der Waals surface area contributed by atoms with Crippen LogP contribution in [0.4, 0.5) is 8.78 Å². The molecule has 8 heteroatoms. The second-order valence-electron chi connectivity index (χ2n) is 7.58. The van der Waals surface area contributed by atoms with Gasteiger partial charge in [0, 0.05) is 29.7 Å². The van der Waals surface area contributed by atoms with Crippen molar-refractivity contribution >= 4 is 11.5 Å². The van der Waals surface area contributed by atoms with Crippen LogP contribution in [0.15, 0.2) is 30.5 Å². The number of rotatable bonds is 8. The highest BCUT2D eigenvalue weighted by atomic mass is 19.3. The molecule has 31 heavy (non-hydrogen) atoms. The van der Waals surface area contributed by atoms with E-state index in [1.807, 2.05) is 18.2 Å². The fourth-order valence-corrected chi connectivity index (χ4v) is 3.64. The summed E-state index contributed by atoms with van der Waals surface area (Å²) in [5.74, 6) is 0.141. The third-order valence-corrected chi connectivity index (χ3v) is 5.36. The summed E-state index contributed by atoms with van der Waals surface area (Å²) in [4.78, 5) is 21.3. The van der Waals surface area contributed by atoms with E-state index in [1.165, 1.54) is 7.11 Å². The van der Waals surface area contributed by atoms with Crippen LogP contribution >= 0.6 is 0 Å². The van der Waals surface area contributed by atoms with Crippen molar-refractivity contribution in [1.29, 1.82) is 0 Å². The number of para-hydroxylation sites is 1. The Bertz CT molecular complexity index is 990. The van der Waals surface area contributed by atoms with Gasteiger partial charge >= 0.3 is 5.97 Å². The first kappa shape index (κ1) is 21.4. The SMILES string of the molecule is COC(=O)c1nc(C2CC2)cnc1Cc1cccc(C2=CCOCC2)c1OCC(F)F. The topological polar surface area (TPSA) is 70.5 Å². The Morgan fingerprint density at radius 3 is 2.84 bits per heavy atom. The van der Waals surface area contributed by atoms with Crippen LogP contribution in [0, 0.1) is 0 Å². The van der Waals surface area contributed by atoms with Crippen LogP contribution in [0.1, 0.15) is 58.2 Å². The van der Waals surface area contributed by atoms with Gasteiger partial charge in [-0.25, -0.2) is 18.6 Å². The molecule has 1 aliphatic heterocycles. The van der Waals surface area contributed by atoms with E-state index in [2.05, 4.69) is 9.97 Å². The van der Waals surface area contributed by atoms with Gasteiger partial charge in [0.05, 0.1) is 31.7 Å². The van der Waals surface area contributed by atoms with Gasteiger partial charge in [-0.3, -0.25) is 4.98 Å². The summed E-state index contributed by atoms with van der Waals surface area (Å²) in [7, 11) is 1.30. The van der Waals surface area contributed by atoms with Crippen molar-refractivity contribution in [3.05, 3.63) is 58.7 Å². The second kappa shape index (κ2) is 9.51. The largest absolute Gasteiger partial charge is 0.487 e. The minimum atomic E-state index is -2.60. The summed E-state index contributed by atoms with van der Waals surface area (Å²) >= 11 is 0. The molecule has 0 atom stereocenters. The number of carbonyl (C=O) groups excluding carboxylic acids is 1. The number of aromatic nitrogens is 2. The molecule has 164 valence electrons. The predicted octanol–water partition coefficient (Wildman–Crippen LogP) is 4.18. The fourth-order valence-electron chi connectivity index (χ4n) is 3.64. The van der Waals surface area contributed by atoms with E-state index in [0.717, 1.165) is 29.7 Å². The number of methoxy groups -OCH3 is 1. The molecule has 1 aromatic heterocycles. The molecule has 4 rings (SSSR count). The van der Waals surface area contributed by atoms with Gasteiger partial charge in [0.15, 0.2) is 5.69 Å². The van der Waals surface area contributed by atoms with E-state index in [9.17, 15) is 13.6 Å². The number of nitrogens with zero attached hydrogens (tertiary/aromatic N) is 2. The number of carbonyl (C=O) groups is 1. The van der Waals surface area contributed by atoms with Crippen LogP contribution in [-0.4, -0.2) is 49.3 Å². The Balaban J connectivity index is 1.72. The van der Waals surface area contributed by atoms with Gasteiger partial charge in [-0.15, -0.1) is 0 Å². The molecule has 0 bridgehead atoms. The first-order valence-corrected chi connectivity index (χ1v) is 10.3. The van der Waals surface area contributed by atoms with Crippen LogP contribution in [0.2, 0.25) is 0 Å². The summed E-state index contributed by atoms with van der Waals surface area (Å²) in [5.41, 5.74) is 3.76. The number of benzene rings is 1. The summed E-state index contributed by atoms with van der Waals surface area (Å²) in [6.07, 6.45) is 3.94. The molecule has 1 aromatic carbocycles. The van der Waals surface area contributed by atoms with Crippen molar-refractivity contribution in [2.24, 2.45) is 0 Å². The molecule has 2 aromatic rings. The first-order chi connectivity index (χ1) is 15.1. The number of halogens is 2. The van der Waals surface area contributed by atoms with E-state index in [4.69, 9.17) is 14.2 Å². The predicted molar refractivity (Wildman–Crippen MR) is 110 cm³/mol. The number of esters is 1. The van der Waals surface area contributed by atoms with Crippen LogP contribution < -0.4 is 4.74 Å². The lowest BCUT2D eigenvalue weighted by Gasteiger charge is -2.20. The van der Waals surface area contributed by atoms with E-state index in [0.29, 0.717) is 42.6 Å². The molecule has 2 aliphatic rings. The maximum absolute atomic E-state index is 13.0. The smallest absolute Gasteiger partial charge is 0.358 e. The Labute approximate surface area is 179 Å². The molecule has 0 saturated heterocycles. The standard InChI is InChI=1S/C23H24F2N2O4/c1-29-23(28)21-18(26-12-19(27-21)15-5-6-15)11-16-3-2-4-17(14-7-9-30-10-8-14)22(16)31-13-20(24)25/h2-4,7,12,15,20H,5-6,8-11,13H2,1H3. The molecular formula is C23H24F2N2O4. The highest BCUT2D eigenvalue weighted by molar-refractivity contribution is 5.88. The van der Waals surface area contributed by atoms with Gasteiger partial charge in [-0.05, 0) is 24.8 Å². The van der Waals surface area contributed by atoms with Crippen molar-refractivity contribution in [2.45, 2.75) is 38.0 Å². The summed E-state index contributed by atoms with van der Waals surface area (Å²) < 4.78 is 41.7. The van der Waals surface area contributed by atoms with Crippen molar-refractivity contribution in [2.75, 3.05) is 26.9 Å². The van der Waals surface area contributed by atoms with Crippen molar-refractivity contribution < 1.29 is 27.8 Å². The Kier molecular flexibility index (Phi) is 6.56. The molecule has 1 fully saturated rings. The normalized spacial score (nSPS) is 16.2. The van der Waals surface area contributed by atoms with E-state index in [-0.39, 0.29) is 12.1 Å². The average Bonchev–Trinajstić information content (AvgIpc) is 3.64. The third-order valence-electron chi connectivity index (χ3n) is 5.36. The number of alkyl halides is 2. The van der Waals surface area contributed by atoms with Gasteiger partial charge in [0.25, 0.3) is 6.43 Å². The van der Waals surface area contributed by atoms with Gasteiger partial charge in [-0.2, -0.15) is 0 Å². The third kappa shape index (κ3) is 5.07. The number of hydrogen-bond donors (Lipinski definition) is 0. The molecule has 0 amide bonds. The summed E-state index contributed by atoms with van der Waals surface area (Å²) in [5, 5.41) is 0. The molecule has 0 unspecified atom stereocenters. The van der Waals surface area contributed by atoms with E-state index in [1.54, 1.807) is 12.3 Å². The van der Waals surface area contributed by atoms with Gasteiger partial charge in [0.2, 0.25) is 0 Å². The molecular weight excluding hydrogens is 406 g/mol.